The Balaban J connectivity index is 1.72. The summed E-state index contributed by atoms with van der Waals surface area (Å²) in [5.74, 6) is 1.26. The highest BCUT2D eigenvalue weighted by Gasteiger charge is 2.33. The first kappa shape index (κ1) is 17.4. The number of ether oxygens (including phenoxy) is 1. The van der Waals surface area contributed by atoms with Crippen LogP contribution in [0.4, 0.5) is 0 Å². The van der Waals surface area contributed by atoms with Gasteiger partial charge in [0.1, 0.15) is 5.10 Å². The fraction of sp³-hybridized carbons (Fsp3) is 0.500. The number of rotatable bonds is 5. The van der Waals surface area contributed by atoms with E-state index in [-0.39, 0.29) is 0 Å². The van der Waals surface area contributed by atoms with E-state index in [2.05, 4.69) is 12.0 Å². The van der Waals surface area contributed by atoms with Crippen LogP contribution in [-0.2, 0) is 4.74 Å². The molecule has 0 bridgehead atoms. The van der Waals surface area contributed by atoms with Crippen molar-refractivity contribution < 1.29 is 9.77 Å². The minimum absolute atomic E-state index is 0.387. The van der Waals surface area contributed by atoms with E-state index in [1.165, 1.54) is 5.56 Å². The van der Waals surface area contributed by atoms with Crippen molar-refractivity contribution in [1.82, 2.24) is 9.80 Å². The third kappa shape index (κ3) is 4.36. The Bertz CT molecular complexity index is 671. The van der Waals surface area contributed by atoms with Crippen LogP contribution in [0.25, 0.3) is 6.08 Å². The van der Waals surface area contributed by atoms with E-state index in [4.69, 9.17) is 4.74 Å². The van der Waals surface area contributed by atoms with E-state index >= 15 is 0 Å². The van der Waals surface area contributed by atoms with Crippen LogP contribution < -0.4 is 0 Å². The molecule has 1 aromatic rings. The van der Waals surface area contributed by atoms with E-state index in [1.807, 2.05) is 53.3 Å². The van der Waals surface area contributed by atoms with Gasteiger partial charge in [-0.2, -0.15) is 0 Å². The molecule has 0 radical (unpaired) electrons. The Hall–Kier alpha value is -2.41. The highest BCUT2D eigenvalue weighted by Crippen LogP contribution is 2.23. The molecule has 0 N–H and O–H groups in total. The van der Waals surface area contributed by atoms with Crippen LogP contribution in [0, 0.1) is 28.9 Å². The summed E-state index contributed by atoms with van der Waals surface area (Å²) in [6.45, 7) is 7.84. The fourth-order valence-corrected chi connectivity index (χ4v) is 3.19. The fourth-order valence-electron chi connectivity index (χ4n) is 3.19. The Kier molecular flexibility index (Phi) is 5.33. The summed E-state index contributed by atoms with van der Waals surface area (Å²) in [5.41, 5.74) is 2.26. The number of hydrogen-bond donors (Lipinski definition) is 0. The van der Waals surface area contributed by atoms with Crippen molar-refractivity contribution in [3.8, 4) is 0 Å². The Morgan fingerprint density at radius 1 is 1.32 bits per heavy atom. The topological polar surface area (TPSA) is 71.2 Å². The lowest BCUT2D eigenvalue weighted by Crippen LogP contribution is -2.37. The summed E-state index contributed by atoms with van der Waals surface area (Å²) in [6.07, 6.45) is 3.83. The zero-order valence-electron chi connectivity index (χ0n) is 14.7. The number of hydrogen-bond acceptors (Lipinski definition) is 3. The third-order valence-corrected chi connectivity index (χ3v) is 4.82. The monoisotopic (exact) mass is 344 g/mol. The molecule has 0 amide bonds. The standard InChI is InChI=1S/C18H24N4O3/c1-14-3-5-16(6-4-14)7-8-20-9-10-21(18(20)19-22(23)24)11-17-13-25-12-15(17)2/h3-8,15,17H,9-13H2,1-2H3. The molecule has 2 heterocycles. The molecule has 0 aliphatic carbocycles. The van der Waals surface area contributed by atoms with Gasteiger partial charge in [-0.1, -0.05) is 36.8 Å². The van der Waals surface area contributed by atoms with Gasteiger partial charge in [-0.05, 0) is 24.5 Å². The minimum Gasteiger partial charge on any atom is -0.381 e. The van der Waals surface area contributed by atoms with Gasteiger partial charge >= 0.3 is 0 Å². The predicted molar refractivity (Wildman–Crippen MR) is 96.4 cm³/mol. The van der Waals surface area contributed by atoms with Gasteiger partial charge in [0.05, 0.1) is 6.61 Å². The van der Waals surface area contributed by atoms with Crippen LogP contribution in [0.1, 0.15) is 18.1 Å². The van der Waals surface area contributed by atoms with Gasteiger partial charge in [-0.3, -0.25) is 0 Å². The molecule has 0 spiro atoms. The van der Waals surface area contributed by atoms with Crippen LogP contribution >= 0.6 is 0 Å². The zero-order chi connectivity index (χ0) is 17.8. The van der Waals surface area contributed by atoms with Crippen molar-refractivity contribution in [2.45, 2.75) is 13.8 Å². The van der Waals surface area contributed by atoms with Crippen molar-refractivity contribution in [2.75, 3.05) is 32.8 Å². The highest BCUT2D eigenvalue weighted by molar-refractivity contribution is 5.83. The maximum atomic E-state index is 11.0. The van der Waals surface area contributed by atoms with E-state index in [0.717, 1.165) is 25.3 Å². The van der Waals surface area contributed by atoms with Gasteiger partial charge in [0.25, 0.3) is 5.96 Å². The van der Waals surface area contributed by atoms with Crippen molar-refractivity contribution >= 4 is 12.0 Å². The van der Waals surface area contributed by atoms with Crippen molar-refractivity contribution in [3.63, 3.8) is 0 Å². The Morgan fingerprint density at radius 3 is 2.72 bits per heavy atom. The summed E-state index contributed by atoms with van der Waals surface area (Å²) in [5, 5.41) is 14.0. The molecule has 2 unspecified atom stereocenters. The smallest absolute Gasteiger partial charge is 0.278 e. The molecule has 25 heavy (non-hydrogen) atoms. The molecule has 0 aromatic heterocycles. The van der Waals surface area contributed by atoms with Crippen molar-refractivity contribution in [3.05, 3.63) is 51.7 Å². The van der Waals surface area contributed by atoms with Crippen LogP contribution in [-0.4, -0.2) is 53.6 Å². The number of hydrazone groups is 1. The lowest BCUT2D eigenvalue weighted by molar-refractivity contribution is -0.486. The first-order valence-electron chi connectivity index (χ1n) is 8.60. The maximum absolute atomic E-state index is 11.0. The highest BCUT2D eigenvalue weighted by atomic mass is 16.7. The third-order valence-electron chi connectivity index (χ3n) is 4.82. The minimum atomic E-state index is -0.616. The summed E-state index contributed by atoms with van der Waals surface area (Å²) in [4.78, 5) is 14.8. The molecule has 2 saturated heterocycles. The number of aryl methyl sites for hydroxylation is 1. The van der Waals surface area contributed by atoms with E-state index in [0.29, 0.717) is 30.9 Å². The molecule has 0 saturated carbocycles. The van der Waals surface area contributed by atoms with E-state index in [9.17, 15) is 10.1 Å². The SMILES string of the molecule is Cc1ccc(C=CN2CCN(CC3COCC3C)C2=N[N+](=O)[O-])cc1. The summed E-state index contributed by atoms with van der Waals surface area (Å²) < 4.78 is 5.51. The van der Waals surface area contributed by atoms with Crippen LogP contribution in [0.5, 0.6) is 0 Å². The van der Waals surface area contributed by atoms with E-state index < -0.39 is 5.03 Å². The molecule has 7 heteroatoms. The lowest BCUT2D eigenvalue weighted by Gasteiger charge is -2.23. The summed E-state index contributed by atoms with van der Waals surface area (Å²) in [7, 11) is 0. The summed E-state index contributed by atoms with van der Waals surface area (Å²) in [6, 6.07) is 8.15. The van der Waals surface area contributed by atoms with Crippen molar-refractivity contribution in [2.24, 2.45) is 16.9 Å². The number of nitro groups is 1. The van der Waals surface area contributed by atoms with Gasteiger partial charge in [0.15, 0.2) is 5.03 Å². The molecule has 3 rings (SSSR count). The lowest BCUT2D eigenvalue weighted by atomic mass is 9.98. The predicted octanol–water partition coefficient (Wildman–Crippen LogP) is 2.41. The van der Waals surface area contributed by atoms with Gasteiger partial charge in [-0.15, -0.1) is 0 Å². The molecular weight excluding hydrogens is 320 g/mol. The molecule has 2 aliphatic rings. The van der Waals surface area contributed by atoms with Gasteiger partial charge in [0, 0.05) is 38.4 Å². The number of benzene rings is 1. The Labute approximate surface area is 147 Å². The normalized spacial score (nSPS) is 25.4. The first-order valence-corrected chi connectivity index (χ1v) is 8.60. The van der Waals surface area contributed by atoms with E-state index in [1.54, 1.807) is 0 Å². The summed E-state index contributed by atoms with van der Waals surface area (Å²) >= 11 is 0. The molecule has 134 valence electrons. The molecule has 7 nitrogen and oxygen atoms in total. The number of nitrogens with zero attached hydrogens (tertiary/aromatic N) is 4. The molecule has 2 atom stereocenters. The Morgan fingerprint density at radius 2 is 2.08 bits per heavy atom. The van der Waals surface area contributed by atoms with Crippen LogP contribution in [0.15, 0.2) is 35.6 Å². The molecule has 2 aliphatic heterocycles. The average molecular weight is 344 g/mol. The van der Waals surface area contributed by atoms with Crippen molar-refractivity contribution in [1.29, 1.82) is 0 Å². The molecule has 1 aromatic carbocycles. The van der Waals surface area contributed by atoms with Crippen LogP contribution in [0.2, 0.25) is 0 Å². The number of guanidine groups is 1. The second-order valence-corrected chi connectivity index (χ2v) is 6.78. The average Bonchev–Trinajstić information content (AvgIpc) is 3.14. The quantitative estimate of drug-likeness (QED) is 0.606. The van der Waals surface area contributed by atoms with Gasteiger partial charge < -0.3 is 14.5 Å². The second-order valence-electron chi connectivity index (χ2n) is 6.78. The second kappa shape index (κ2) is 7.65. The zero-order valence-corrected chi connectivity index (χ0v) is 14.7. The molecule has 2 fully saturated rings. The molecular formula is C18H24N4O3. The van der Waals surface area contributed by atoms with Crippen LogP contribution in [0.3, 0.4) is 0 Å². The van der Waals surface area contributed by atoms with Gasteiger partial charge in [0.2, 0.25) is 0 Å². The largest absolute Gasteiger partial charge is 0.381 e. The van der Waals surface area contributed by atoms with Gasteiger partial charge in [-0.25, -0.2) is 10.1 Å². The maximum Gasteiger partial charge on any atom is 0.278 e. The first-order chi connectivity index (χ1) is 12.0.